The summed E-state index contributed by atoms with van der Waals surface area (Å²) in [5.74, 6) is 0.987. The summed E-state index contributed by atoms with van der Waals surface area (Å²) in [6.07, 6.45) is 1.42. The molecule has 0 fully saturated rings. The molecule has 1 aliphatic rings. The van der Waals surface area contributed by atoms with E-state index in [4.69, 9.17) is 10.5 Å². The van der Waals surface area contributed by atoms with Gasteiger partial charge in [-0.3, -0.25) is 0 Å². The maximum Gasteiger partial charge on any atom is 0.340 e. The van der Waals surface area contributed by atoms with Crippen LogP contribution in [0.4, 0.5) is 16.0 Å². The van der Waals surface area contributed by atoms with Crippen molar-refractivity contribution in [1.29, 1.82) is 0 Å². The van der Waals surface area contributed by atoms with E-state index in [1.54, 1.807) is 12.1 Å². The molecule has 0 radical (unpaired) electrons. The number of hydrogen-bond donors (Lipinski definition) is 1. The number of nitrogen functional groups attached to an aromatic ring is 1. The Hall–Kier alpha value is -2.50. The molecule has 1 aliphatic heterocycles. The molecule has 19 heavy (non-hydrogen) atoms. The molecule has 0 spiro atoms. The molecule has 0 saturated carbocycles. The molecule has 0 aliphatic carbocycles. The Labute approximate surface area is 109 Å². The number of rotatable bonds is 2. The van der Waals surface area contributed by atoms with Gasteiger partial charge in [0.25, 0.3) is 0 Å². The zero-order valence-corrected chi connectivity index (χ0v) is 10.5. The fraction of sp³-hybridized carbons (Fsp3) is 0.154. The lowest BCUT2D eigenvalue weighted by Gasteiger charge is -2.19. The van der Waals surface area contributed by atoms with Gasteiger partial charge in [0, 0.05) is 5.56 Å². The number of ether oxygens (including phenoxy) is 1. The van der Waals surface area contributed by atoms with Crippen LogP contribution < -0.4 is 10.5 Å². The highest BCUT2D eigenvalue weighted by Gasteiger charge is 2.37. The average molecular weight is 259 g/mol. The van der Waals surface area contributed by atoms with E-state index >= 15 is 0 Å². The molecular formula is C13H12FN4O+. The number of anilines is 1. The van der Waals surface area contributed by atoms with E-state index in [0.717, 1.165) is 22.7 Å². The Kier molecular flexibility index (Phi) is 2.45. The average Bonchev–Trinajstić information content (AvgIpc) is 2.41. The van der Waals surface area contributed by atoms with Gasteiger partial charge in [0.15, 0.2) is 22.8 Å². The first kappa shape index (κ1) is 11.6. The smallest absolute Gasteiger partial charge is 0.340 e. The topological polar surface area (TPSA) is 64.0 Å². The highest BCUT2D eigenvalue weighted by atomic mass is 19.1. The largest absolute Gasteiger partial charge is 0.494 e. The summed E-state index contributed by atoms with van der Waals surface area (Å²) in [5.41, 5.74) is 8.33. The number of nitrogens with zero attached hydrogens (tertiary/aromatic N) is 3. The van der Waals surface area contributed by atoms with Gasteiger partial charge in [-0.25, -0.2) is 8.97 Å². The number of aromatic nitrogens is 2. The fourth-order valence-corrected chi connectivity index (χ4v) is 2.24. The van der Waals surface area contributed by atoms with Crippen LogP contribution in [0.25, 0.3) is 0 Å². The monoisotopic (exact) mass is 259 g/mol. The van der Waals surface area contributed by atoms with Crippen LogP contribution in [0.1, 0.15) is 11.1 Å². The molecule has 1 aromatic heterocycles. The molecule has 3 rings (SSSR count). The lowest BCUT2D eigenvalue weighted by molar-refractivity contribution is -0.421. The van der Waals surface area contributed by atoms with Crippen molar-refractivity contribution in [3.8, 4) is 5.75 Å². The first-order chi connectivity index (χ1) is 9.13. The zero-order valence-electron chi connectivity index (χ0n) is 10.5. The fourth-order valence-electron chi connectivity index (χ4n) is 2.24. The second kappa shape index (κ2) is 4.01. The molecule has 5 nitrogen and oxygen atoms in total. The van der Waals surface area contributed by atoms with Gasteiger partial charge < -0.3 is 10.5 Å². The van der Waals surface area contributed by atoms with Gasteiger partial charge in [-0.15, -0.1) is 0 Å². The SMILES string of the molecule is COc1cc(C2=[N+](C)c3ncnc(N)c32)ccc1F. The van der Waals surface area contributed by atoms with Gasteiger partial charge in [-0.05, 0) is 23.2 Å². The van der Waals surface area contributed by atoms with Crippen LogP contribution in [0.5, 0.6) is 5.75 Å². The minimum absolute atomic E-state index is 0.197. The molecule has 0 amide bonds. The van der Waals surface area contributed by atoms with Crippen LogP contribution in [-0.4, -0.2) is 34.4 Å². The third-order valence-corrected chi connectivity index (χ3v) is 3.17. The lowest BCUT2D eigenvalue weighted by atomic mass is 9.97. The van der Waals surface area contributed by atoms with Crippen LogP contribution in [0.2, 0.25) is 0 Å². The standard InChI is InChI=1S/C13H11FN4O/c1-18-11(10-12(15)16-6-17-13(10)18)7-3-4-8(14)9(5-7)19-2/h3-6,15H,1-2H3/p+1. The Morgan fingerprint density at radius 3 is 2.84 bits per heavy atom. The maximum absolute atomic E-state index is 13.4. The van der Waals surface area contributed by atoms with E-state index in [1.807, 2.05) is 11.6 Å². The van der Waals surface area contributed by atoms with Gasteiger partial charge in [0.2, 0.25) is 6.33 Å². The van der Waals surface area contributed by atoms with Gasteiger partial charge in [-0.1, -0.05) is 0 Å². The Balaban J connectivity index is 2.14. The normalized spacial score (nSPS) is 13.0. The highest BCUT2D eigenvalue weighted by molar-refractivity contribution is 6.18. The summed E-state index contributed by atoms with van der Waals surface area (Å²) < 4.78 is 20.3. The number of fused-ring (bicyclic) bond motifs is 1. The molecule has 2 aromatic rings. The quantitative estimate of drug-likeness (QED) is 0.826. The summed E-state index contributed by atoms with van der Waals surface area (Å²) in [7, 11) is 3.31. The minimum Gasteiger partial charge on any atom is -0.494 e. The second-order valence-electron chi connectivity index (χ2n) is 4.21. The third kappa shape index (κ3) is 1.56. The van der Waals surface area contributed by atoms with Gasteiger partial charge >= 0.3 is 5.82 Å². The third-order valence-electron chi connectivity index (χ3n) is 3.17. The van der Waals surface area contributed by atoms with Crippen molar-refractivity contribution >= 4 is 17.3 Å². The molecule has 0 unspecified atom stereocenters. The van der Waals surface area contributed by atoms with E-state index in [1.165, 1.54) is 19.5 Å². The first-order valence-electron chi connectivity index (χ1n) is 5.69. The van der Waals surface area contributed by atoms with Crippen molar-refractivity contribution in [3.63, 3.8) is 0 Å². The van der Waals surface area contributed by atoms with Crippen LogP contribution in [0.15, 0.2) is 24.5 Å². The van der Waals surface area contributed by atoms with Crippen LogP contribution in [0.3, 0.4) is 0 Å². The van der Waals surface area contributed by atoms with Crippen molar-refractivity contribution in [2.24, 2.45) is 0 Å². The van der Waals surface area contributed by atoms with Crippen molar-refractivity contribution in [2.45, 2.75) is 0 Å². The summed E-state index contributed by atoms with van der Waals surface area (Å²) in [5, 5.41) is 0. The van der Waals surface area contributed by atoms with Gasteiger partial charge in [0.1, 0.15) is 5.82 Å². The summed E-state index contributed by atoms with van der Waals surface area (Å²) in [4.78, 5) is 8.13. The van der Waals surface area contributed by atoms with Crippen LogP contribution >= 0.6 is 0 Å². The zero-order chi connectivity index (χ0) is 13.6. The number of hydrogen-bond acceptors (Lipinski definition) is 4. The van der Waals surface area contributed by atoms with E-state index in [9.17, 15) is 4.39 Å². The summed E-state index contributed by atoms with van der Waals surface area (Å²) in [6, 6.07) is 4.68. The predicted molar refractivity (Wildman–Crippen MR) is 68.5 cm³/mol. The Bertz CT molecular complexity index is 712. The maximum atomic E-state index is 13.4. The molecule has 2 N–H and O–H groups in total. The molecule has 2 heterocycles. The Morgan fingerprint density at radius 1 is 1.32 bits per heavy atom. The first-order valence-corrected chi connectivity index (χ1v) is 5.69. The van der Waals surface area contributed by atoms with Crippen molar-refractivity contribution < 1.29 is 13.7 Å². The van der Waals surface area contributed by atoms with E-state index in [2.05, 4.69) is 9.97 Å². The van der Waals surface area contributed by atoms with Crippen molar-refractivity contribution in [1.82, 2.24) is 9.97 Å². The Morgan fingerprint density at radius 2 is 2.11 bits per heavy atom. The predicted octanol–water partition coefficient (Wildman–Crippen LogP) is 1.33. The van der Waals surface area contributed by atoms with E-state index < -0.39 is 5.82 Å². The molecule has 1 aromatic carbocycles. The minimum atomic E-state index is -0.397. The summed E-state index contributed by atoms with van der Waals surface area (Å²) >= 11 is 0. The molecule has 0 saturated heterocycles. The van der Waals surface area contributed by atoms with E-state index in [-0.39, 0.29) is 5.75 Å². The summed E-state index contributed by atoms with van der Waals surface area (Å²) in [6.45, 7) is 0. The molecule has 96 valence electrons. The molecule has 6 heteroatoms. The van der Waals surface area contributed by atoms with Gasteiger partial charge in [0.05, 0.1) is 14.2 Å². The highest BCUT2D eigenvalue weighted by Crippen LogP contribution is 2.33. The van der Waals surface area contributed by atoms with Crippen molar-refractivity contribution in [3.05, 3.63) is 41.5 Å². The molecule has 0 bridgehead atoms. The molecular weight excluding hydrogens is 247 g/mol. The van der Waals surface area contributed by atoms with Gasteiger partial charge in [-0.2, -0.15) is 4.98 Å². The number of methoxy groups -OCH3 is 1. The number of halogens is 1. The number of benzene rings is 1. The lowest BCUT2D eigenvalue weighted by Crippen LogP contribution is -2.29. The number of nitrogens with two attached hydrogens (primary N) is 1. The van der Waals surface area contributed by atoms with Crippen molar-refractivity contribution in [2.75, 3.05) is 19.9 Å². The van der Waals surface area contributed by atoms with Crippen LogP contribution in [-0.2, 0) is 0 Å². The van der Waals surface area contributed by atoms with E-state index in [0.29, 0.717) is 5.82 Å². The second-order valence-corrected chi connectivity index (χ2v) is 4.21. The van der Waals surface area contributed by atoms with Crippen LogP contribution in [0, 0.1) is 5.82 Å². The molecule has 0 atom stereocenters.